The third-order valence-electron chi connectivity index (χ3n) is 5.66. The molecule has 1 aromatic heterocycles. The Morgan fingerprint density at radius 1 is 1.00 bits per heavy atom. The minimum absolute atomic E-state index is 0.0380. The second-order valence-corrected chi connectivity index (χ2v) is 8.37. The minimum Gasteiger partial charge on any atom is -0.491 e. The molecule has 0 fully saturated rings. The maximum Gasteiger partial charge on any atom is 0.303 e. The van der Waals surface area contributed by atoms with Gasteiger partial charge < -0.3 is 19.7 Å². The van der Waals surface area contributed by atoms with Crippen molar-refractivity contribution in [3.05, 3.63) is 102 Å². The van der Waals surface area contributed by atoms with Crippen molar-refractivity contribution < 1.29 is 19.4 Å². The van der Waals surface area contributed by atoms with Crippen molar-refractivity contribution in [3.8, 4) is 5.75 Å². The van der Waals surface area contributed by atoms with Gasteiger partial charge in [-0.25, -0.2) is 0 Å². The number of rotatable bonds is 10. The number of aromatic nitrogens is 1. The summed E-state index contributed by atoms with van der Waals surface area (Å²) in [6.07, 6.45) is 4.38. The average Bonchev–Trinajstić information content (AvgIpc) is 3.25. The van der Waals surface area contributed by atoms with Crippen molar-refractivity contribution in [2.45, 2.75) is 26.3 Å². The first-order valence-corrected chi connectivity index (χ1v) is 11.6. The summed E-state index contributed by atoms with van der Waals surface area (Å²) in [5.74, 6) is -0.574. The van der Waals surface area contributed by atoms with Gasteiger partial charge in [0.15, 0.2) is 0 Å². The van der Waals surface area contributed by atoms with E-state index >= 15 is 0 Å². The lowest BCUT2D eigenvalue weighted by atomic mass is 10.1. The monoisotopic (exact) mass is 468 g/mol. The molecular formula is C29H28N2O4. The molecule has 1 amide bonds. The number of nitrogens with zero attached hydrogens (tertiary/aromatic N) is 1. The normalized spacial score (nSPS) is 11.4. The van der Waals surface area contributed by atoms with Crippen molar-refractivity contribution in [3.63, 3.8) is 0 Å². The molecule has 4 rings (SSSR count). The van der Waals surface area contributed by atoms with E-state index in [4.69, 9.17) is 9.84 Å². The van der Waals surface area contributed by atoms with Crippen LogP contribution in [0.25, 0.3) is 17.0 Å². The van der Waals surface area contributed by atoms with Gasteiger partial charge in [-0.1, -0.05) is 48.5 Å². The SMILES string of the molecule is C/C(=C\c1ccc2c(ccn2Cc2ccccc2)c1)C(=O)Nc1ccccc1OCCCC(=O)O. The molecule has 178 valence electrons. The molecule has 3 aromatic carbocycles. The largest absolute Gasteiger partial charge is 0.491 e. The summed E-state index contributed by atoms with van der Waals surface area (Å²) in [6, 6.07) is 25.7. The van der Waals surface area contributed by atoms with Crippen LogP contribution in [-0.4, -0.2) is 28.2 Å². The zero-order valence-corrected chi connectivity index (χ0v) is 19.6. The fraction of sp³-hybridized carbons (Fsp3) is 0.172. The van der Waals surface area contributed by atoms with E-state index in [-0.39, 0.29) is 18.9 Å². The second-order valence-electron chi connectivity index (χ2n) is 8.37. The summed E-state index contributed by atoms with van der Waals surface area (Å²) < 4.78 is 7.89. The van der Waals surface area contributed by atoms with Gasteiger partial charge in [0, 0.05) is 35.6 Å². The van der Waals surface area contributed by atoms with E-state index < -0.39 is 5.97 Å². The summed E-state index contributed by atoms with van der Waals surface area (Å²) in [5, 5.41) is 12.8. The van der Waals surface area contributed by atoms with Gasteiger partial charge in [0.2, 0.25) is 0 Å². The van der Waals surface area contributed by atoms with E-state index in [1.54, 1.807) is 19.1 Å². The molecule has 6 nitrogen and oxygen atoms in total. The quantitative estimate of drug-likeness (QED) is 0.222. The maximum absolute atomic E-state index is 12.8. The van der Waals surface area contributed by atoms with Crippen LogP contribution in [0.3, 0.4) is 0 Å². The number of amides is 1. The number of benzene rings is 3. The minimum atomic E-state index is -0.859. The molecular weight excluding hydrogens is 440 g/mol. The molecule has 35 heavy (non-hydrogen) atoms. The molecule has 2 N–H and O–H groups in total. The second kappa shape index (κ2) is 11.2. The molecule has 0 radical (unpaired) electrons. The Bertz CT molecular complexity index is 1360. The lowest BCUT2D eigenvalue weighted by Crippen LogP contribution is -2.14. The summed E-state index contributed by atoms with van der Waals surface area (Å²) in [6.45, 7) is 2.84. The van der Waals surface area contributed by atoms with Crippen LogP contribution in [0.5, 0.6) is 5.75 Å². The first-order chi connectivity index (χ1) is 17.0. The van der Waals surface area contributed by atoms with Crippen molar-refractivity contribution in [1.29, 1.82) is 0 Å². The highest BCUT2D eigenvalue weighted by molar-refractivity contribution is 6.07. The lowest BCUT2D eigenvalue weighted by Gasteiger charge is -2.12. The highest BCUT2D eigenvalue weighted by Gasteiger charge is 2.10. The molecule has 1 heterocycles. The fourth-order valence-electron chi connectivity index (χ4n) is 3.86. The van der Waals surface area contributed by atoms with Crippen molar-refractivity contribution in [2.24, 2.45) is 0 Å². The van der Waals surface area contributed by atoms with Crippen LogP contribution in [0.15, 0.2) is 90.6 Å². The summed E-state index contributed by atoms with van der Waals surface area (Å²) >= 11 is 0. The third kappa shape index (κ3) is 6.38. The van der Waals surface area contributed by atoms with Crippen LogP contribution in [0.1, 0.15) is 30.9 Å². The number of carboxylic acid groups (broad SMARTS) is 1. The maximum atomic E-state index is 12.8. The van der Waals surface area contributed by atoms with Gasteiger partial charge in [0.1, 0.15) is 5.75 Å². The molecule has 0 aliphatic heterocycles. The molecule has 0 bridgehead atoms. The number of nitrogens with one attached hydrogen (secondary N) is 1. The summed E-state index contributed by atoms with van der Waals surface area (Å²) in [7, 11) is 0. The van der Waals surface area contributed by atoms with Crippen LogP contribution < -0.4 is 10.1 Å². The van der Waals surface area contributed by atoms with E-state index in [1.165, 1.54) is 5.56 Å². The molecule has 0 unspecified atom stereocenters. The number of anilines is 1. The molecule has 0 saturated heterocycles. The topological polar surface area (TPSA) is 80.6 Å². The Labute approximate surface area is 204 Å². The number of carboxylic acids is 1. The number of carbonyl (C=O) groups excluding carboxylic acids is 1. The van der Waals surface area contributed by atoms with Gasteiger partial charge in [-0.3, -0.25) is 9.59 Å². The first-order valence-electron chi connectivity index (χ1n) is 11.6. The number of fused-ring (bicyclic) bond motifs is 1. The predicted molar refractivity (Wildman–Crippen MR) is 139 cm³/mol. The fourth-order valence-corrected chi connectivity index (χ4v) is 3.86. The number of ether oxygens (including phenoxy) is 1. The van der Waals surface area contributed by atoms with E-state index in [0.717, 1.165) is 23.0 Å². The number of hydrogen-bond donors (Lipinski definition) is 2. The van der Waals surface area contributed by atoms with Gasteiger partial charge >= 0.3 is 5.97 Å². The molecule has 4 aromatic rings. The zero-order chi connectivity index (χ0) is 24.6. The Morgan fingerprint density at radius 2 is 1.77 bits per heavy atom. The van der Waals surface area contributed by atoms with E-state index in [0.29, 0.717) is 23.4 Å². The Kier molecular flexibility index (Phi) is 7.63. The Balaban J connectivity index is 1.43. The summed E-state index contributed by atoms with van der Waals surface area (Å²) in [5.41, 5.74) is 4.44. The van der Waals surface area contributed by atoms with E-state index in [2.05, 4.69) is 46.4 Å². The summed E-state index contributed by atoms with van der Waals surface area (Å²) in [4.78, 5) is 23.5. The standard InChI is InChI=1S/C29H28N2O4/c1-21(29(34)30-25-10-5-6-11-27(25)35-17-7-12-28(32)33)18-23-13-14-26-24(19-23)15-16-31(26)20-22-8-3-2-4-9-22/h2-6,8-11,13-16,18-19H,7,12,17,20H2,1H3,(H,30,34)(H,32,33)/b21-18+. The predicted octanol–water partition coefficient (Wildman–Crippen LogP) is 5.98. The van der Waals surface area contributed by atoms with Gasteiger partial charge in [-0.05, 0) is 60.9 Å². The lowest BCUT2D eigenvalue weighted by molar-refractivity contribution is -0.137. The van der Waals surface area contributed by atoms with Crippen LogP contribution in [0.2, 0.25) is 0 Å². The molecule has 6 heteroatoms. The number of aliphatic carboxylic acids is 1. The molecule has 0 atom stereocenters. The number of hydrogen-bond acceptors (Lipinski definition) is 3. The highest BCUT2D eigenvalue weighted by atomic mass is 16.5. The Hall–Kier alpha value is -4.32. The number of para-hydroxylation sites is 2. The van der Waals surface area contributed by atoms with E-state index in [1.807, 2.05) is 42.5 Å². The zero-order valence-electron chi connectivity index (χ0n) is 19.6. The van der Waals surface area contributed by atoms with Gasteiger partial charge in [0.25, 0.3) is 5.91 Å². The van der Waals surface area contributed by atoms with Gasteiger partial charge in [-0.2, -0.15) is 0 Å². The van der Waals surface area contributed by atoms with Crippen LogP contribution in [0.4, 0.5) is 5.69 Å². The molecule has 0 saturated carbocycles. The van der Waals surface area contributed by atoms with E-state index in [9.17, 15) is 9.59 Å². The van der Waals surface area contributed by atoms with Crippen molar-refractivity contribution in [2.75, 3.05) is 11.9 Å². The van der Waals surface area contributed by atoms with Crippen molar-refractivity contribution in [1.82, 2.24) is 4.57 Å². The van der Waals surface area contributed by atoms with Crippen molar-refractivity contribution >= 4 is 34.5 Å². The highest BCUT2D eigenvalue weighted by Crippen LogP contribution is 2.25. The van der Waals surface area contributed by atoms with Crippen LogP contribution >= 0.6 is 0 Å². The molecule has 0 aliphatic rings. The van der Waals surface area contributed by atoms with Gasteiger partial charge in [0.05, 0.1) is 12.3 Å². The molecule has 0 aliphatic carbocycles. The smallest absolute Gasteiger partial charge is 0.303 e. The average molecular weight is 469 g/mol. The number of carbonyl (C=O) groups is 2. The van der Waals surface area contributed by atoms with Gasteiger partial charge in [-0.15, -0.1) is 0 Å². The third-order valence-corrected chi connectivity index (χ3v) is 5.66. The van der Waals surface area contributed by atoms with Crippen LogP contribution in [-0.2, 0) is 16.1 Å². The molecule has 0 spiro atoms. The Morgan fingerprint density at radius 3 is 2.57 bits per heavy atom. The first kappa shape index (κ1) is 23.8. The van der Waals surface area contributed by atoms with Crippen LogP contribution in [0, 0.1) is 0 Å².